The van der Waals surface area contributed by atoms with Crippen molar-refractivity contribution in [3.05, 3.63) is 33.3 Å². The SMILES string of the molecule is CC(C)CNC(=O)CNc1ccc(Cl)cc1[N+](=O)[O-]. The number of carbonyl (C=O) groups is 1. The summed E-state index contributed by atoms with van der Waals surface area (Å²) in [4.78, 5) is 21.8. The molecule has 0 atom stereocenters. The number of benzene rings is 1. The summed E-state index contributed by atoms with van der Waals surface area (Å²) in [5.74, 6) is 0.145. The third kappa shape index (κ3) is 5.13. The van der Waals surface area contributed by atoms with Crippen LogP contribution in [0, 0.1) is 16.0 Å². The van der Waals surface area contributed by atoms with E-state index in [1.54, 1.807) is 0 Å². The minimum Gasteiger partial charge on any atom is -0.371 e. The average Bonchev–Trinajstić information content (AvgIpc) is 2.34. The lowest BCUT2D eigenvalue weighted by atomic mass is 10.2. The van der Waals surface area contributed by atoms with Gasteiger partial charge in [0.05, 0.1) is 11.5 Å². The van der Waals surface area contributed by atoms with Crippen LogP contribution < -0.4 is 10.6 Å². The Morgan fingerprint density at radius 3 is 2.74 bits per heavy atom. The summed E-state index contributed by atoms with van der Waals surface area (Å²) in [6, 6.07) is 4.26. The van der Waals surface area contributed by atoms with Gasteiger partial charge in [-0.05, 0) is 18.1 Å². The Balaban J connectivity index is 2.62. The Morgan fingerprint density at radius 1 is 1.47 bits per heavy atom. The number of nitrogens with one attached hydrogen (secondary N) is 2. The zero-order valence-corrected chi connectivity index (χ0v) is 11.5. The van der Waals surface area contributed by atoms with E-state index in [-0.39, 0.29) is 28.8 Å². The first-order chi connectivity index (χ1) is 8.90. The third-order valence-corrected chi connectivity index (χ3v) is 2.54. The lowest BCUT2D eigenvalue weighted by Crippen LogP contribution is -2.32. The molecule has 0 aliphatic rings. The molecule has 0 aliphatic heterocycles. The second-order valence-corrected chi connectivity index (χ2v) is 4.91. The number of hydrogen-bond donors (Lipinski definition) is 2. The second kappa shape index (κ2) is 6.94. The Kier molecular flexibility index (Phi) is 5.57. The van der Waals surface area contributed by atoms with Crippen molar-refractivity contribution >= 4 is 28.9 Å². The van der Waals surface area contributed by atoms with Crippen LogP contribution in [0.25, 0.3) is 0 Å². The molecule has 0 heterocycles. The highest BCUT2D eigenvalue weighted by atomic mass is 35.5. The van der Waals surface area contributed by atoms with Crippen molar-refractivity contribution in [2.45, 2.75) is 13.8 Å². The third-order valence-electron chi connectivity index (χ3n) is 2.30. The predicted molar refractivity (Wildman–Crippen MR) is 74.4 cm³/mol. The summed E-state index contributed by atoms with van der Waals surface area (Å²) < 4.78 is 0. The maximum atomic E-state index is 11.5. The van der Waals surface area contributed by atoms with Crippen LogP contribution in [0.3, 0.4) is 0 Å². The molecule has 0 unspecified atom stereocenters. The van der Waals surface area contributed by atoms with Crippen molar-refractivity contribution in [1.82, 2.24) is 5.32 Å². The first-order valence-corrected chi connectivity index (χ1v) is 6.22. The fourth-order valence-electron chi connectivity index (χ4n) is 1.36. The van der Waals surface area contributed by atoms with E-state index in [1.807, 2.05) is 13.8 Å². The predicted octanol–water partition coefficient (Wildman–Crippen LogP) is 2.43. The van der Waals surface area contributed by atoms with E-state index in [4.69, 9.17) is 11.6 Å². The van der Waals surface area contributed by atoms with Crippen LogP contribution in [0.5, 0.6) is 0 Å². The van der Waals surface area contributed by atoms with Crippen LogP contribution in [0.1, 0.15) is 13.8 Å². The van der Waals surface area contributed by atoms with E-state index in [1.165, 1.54) is 18.2 Å². The highest BCUT2D eigenvalue weighted by Crippen LogP contribution is 2.27. The molecule has 0 aromatic heterocycles. The van der Waals surface area contributed by atoms with Crippen molar-refractivity contribution in [2.75, 3.05) is 18.4 Å². The Morgan fingerprint density at radius 2 is 2.16 bits per heavy atom. The van der Waals surface area contributed by atoms with Crippen LogP contribution in [0.4, 0.5) is 11.4 Å². The van der Waals surface area contributed by atoms with Gasteiger partial charge in [0.25, 0.3) is 5.69 Å². The van der Waals surface area contributed by atoms with Gasteiger partial charge in [-0.15, -0.1) is 0 Å². The van der Waals surface area contributed by atoms with Crippen molar-refractivity contribution in [1.29, 1.82) is 0 Å². The van der Waals surface area contributed by atoms with Crippen LogP contribution in [-0.4, -0.2) is 23.9 Å². The Hall–Kier alpha value is -1.82. The molecule has 0 aliphatic carbocycles. The normalized spacial score (nSPS) is 10.3. The number of halogens is 1. The zero-order chi connectivity index (χ0) is 14.4. The molecule has 0 saturated heterocycles. The first kappa shape index (κ1) is 15.2. The maximum Gasteiger partial charge on any atom is 0.293 e. The van der Waals surface area contributed by atoms with Crippen LogP contribution in [0.15, 0.2) is 18.2 Å². The minimum absolute atomic E-state index is 0.0187. The van der Waals surface area contributed by atoms with Crippen LogP contribution in [-0.2, 0) is 4.79 Å². The number of anilines is 1. The molecular weight excluding hydrogens is 270 g/mol. The standard InChI is InChI=1S/C12H16ClN3O3/c1-8(2)6-15-12(17)7-14-10-4-3-9(13)5-11(10)16(18)19/h3-5,8,14H,6-7H2,1-2H3,(H,15,17). The molecule has 1 aromatic carbocycles. The first-order valence-electron chi connectivity index (χ1n) is 5.84. The second-order valence-electron chi connectivity index (χ2n) is 4.47. The molecule has 0 radical (unpaired) electrons. The summed E-state index contributed by atoms with van der Waals surface area (Å²) in [6.07, 6.45) is 0. The van der Waals surface area contributed by atoms with Gasteiger partial charge in [-0.1, -0.05) is 25.4 Å². The van der Waals surface area contributed by atoms with Gasteiger partial charge in [-0.25, -0.2) is 0 Å². The highest BCUT2D eigenvalue weighted by Gasteiger charge is 2.14. The molecule has 0 spiro atoms. The average molecular weight is 286 g/mol. The highest BCUT2D eigenvalue weighted by molar-refractivity contribution is 6.30. The summed E-state index contributed by atoms with van der Waals surface area (Å²) in [5.41, 5.74) is 0.123. The van der Waals surface area contributed by atoms with E-state index in [0.29, 0.717) is 12.5 Å². The summed E-state index contributed by atoms with van der Waals surface area (Å²) in [7, 11) is 0. The largest absolute Gasteiger partial charge is 0.371 e. The van der Waals surface area contributed by atoms with Gasteiger partial charge in [0, 0.05) is 17.6 Å². The van der Waals surface area contributed by atoms with E-state index >= 15 is 0 Å². The lowest BCUT2D eigenvalue weighted by Gasteiger charge is -2.09. The summed E-state index contributed by atoms with van der Waals surface area (Å²) in [5, 5.41) is 16.6. The Labute approximate surface area is 116 Å². The van der Waals surface area contributed by atoms with Crippen LogP contribution >= 0.6 is 11.6 Å². The summed E-state index contributed by atoms with van der Waals surface area (Å²) >= 11 is 5.70. The quantitative estimate of drug-likeness (QED) is 0.621. The molecular formula is C12H16ClN3O3. The molecule has 19 heavy (non-hydrogen) atoms. The van der Waals surface area contributed by atoms with Crippen molar-refractivity contribution in [2.24, 2.45) is 5.92 Å². The van der Waals surface area contributed by atoms with E-state index < -0.39 is 4.92 Å². The topological polar surface area (TPSA) is 84.3 Å². The van der Waals surface area contributed by atoms with E-state index in [0.717, 1.165) is 0 Å². The lowest BCUT2D eigenvalue weighted by molar-refractivity contribution is -0.383. The van der Waals surface area contributed by atoms with Crippen molar-refractivity contribution in [3.8, 4) is 0 Å². The minimum atomic E-state index is -0.541. The van der Waals surface area contributed by atoms with Crippen LogP contribution in [0.2, 0.25) is 5.02 Å². The van der Waals surface area contributed by atoms with Gasteiger partial charge in [0.15, 0.2) is 0 Å². The number of amides is 1. The molecule has 1 amide bonds. The molecule has 0 fully saturated rings. The van der Waals surface area contributed by atoms with Crippen molar-refractivity contribution < 1.29 is 9.72 Å². The van der Waals surface area contributed by atoms with Gasteiger partial charge in [-0.2, -0.15) is 0 Å². The number of nitro benzene ring substituents is 1. The number of hydrogen-bond acceptors (Lipinski definition) is 4. The fraction of sp³-hybridized carbons (Fsp3) is 0.417. The molecule has 0 bridgehead atoms. The molecule has 2 N–H and O–H groups in total. The molecule has 0 saturated carbocycles. The van der Waals surface area contributed by atoms with E-state index in [2.05, 4.69) is 10.6 Å². The number of carbonyl (C=O) groups excluding carboxylic acids is 1. The smallest absolute Gasteiger partial charge is 0.293 e. The maximum absolute atomic E-state index is 11.5. The summed E-state index contributed by atoms with van der Waals surface area (Å²) in [6.45, 7) is 4.52. The fourth-order valence-corrected chi connectivity index (χ4v) is 1.53. The van der Waals surface area contributed by atoms with Gasteiger partial charge in [-0.3, -0.25) is 14.9 Å². The van der Waals surface area contributed by atoms with Gasteiger partial charge in [0.1, 0.15) is 5.69 Å². The molecule has 1 aromatic rings. The molecule has 6 nitrogen and oxygen atoms in total. The Bertz CT molecular complexity index is 477. The number of rotatable bonds is 6. The van der Waals surface area contributed by atoms with Gasteiger partial charge < -0.3 is 10.6 Å². The van der Waals surface area contributed by atoms with Crippen molar-refractivity contribution in [3.63, 3.8) is 0 Å². The van der Waals surface area contributed by atoms with Gasteiger partial charge >= 0.3 is 0 Å². The number of nitrogens with zero attached hydrogens (tertiary/aromatic N) is 1. The van der Waals surface area contributed by atoms with E-state index in [9.17, 15) is 14.9 Å². The monoisotopic (exact) mass is 285 g/mol. The molecule has 104 valence electrons. The molecule has 7 heteroatoms. The molecule has 1 rings (SSSR count). The van der Waals surface area contributed by atoms with Gasteiger partial charge in [0.2, 0.25) is 5.91 Å². The zero-order valence-electron chi connectivity index (χ0n) is 10.8. The number of nitro groups is 1.